The molecule has 0 unspecified atom stereocenters. The summed E-state index contributed by atoms with van der Waals surface area (Å²) in [5, 5.41) is 9.18. The maximum Gasteiger partial charge on any atom is 0.326 e. The fraction of sp³-hybridized carbons (Fsp3) is 0.353. The Morgan fingerprint density at radius 1 is 1.40 bits per heavy atom. The van der Waals surface area contributed by atoms with Crippen molar-refractivity contribution in [3.63, 3.8) is 0 Å². The highest BCUT2D eigenvalue weighted by Crippen LogP contribution is 2.24. The zero-order valence-corrected chi connectivity index (χ0v) is 14.2. The number of carboxylic acid groups (broad SMARTS) is 1. The smallest absolute Gasteiger partial charge is 0.326 e. The topological polar surface area (TPSA) is 79.6 Å². The molecule has 0 bridgehead atoms. The third kappa shape index (κ3) is 2.89. The number of aromatic nitrogens is 1. The highest BCUT2D eigenvalue weighted by Gasteiger charge is 2.35. The van der Waals surface area contributed by atoms with Gasteiger partial charge in [-0.15, -0.1) is 0 Å². The molecule has 1 amide bonds. The number of carbonyl (C=O) groups excluding carboxylic acids is 1. The van der Waals surface area contributed by atoms with Gasteiger partial charge in [0, 0.05) is 24.7 Å². The molecule has 2 heterocycles. The molecular weight excluding hydrogens is 351 g/mol. The van der Waals surface area contributed by atoms with E-state index in [1.54, 1.807) is 4.57 Å². The highest BCUT2D eigenvalue weighted by molar-refractivity contribution is 6.31. The first-order valence-corrected chi connectivity index (χ1v) is 8.29. The van der Waals surface area contributed by atoms with Gasteiger partial charge in [-0.3, -0.25) is 9.59 Å². The molecule has 0 radical (unpaired) electrons. The molecule has 1 aliphatic heterocycles. The van der Waals surface area contributed by atoms with Gasteiger partial charge in [0.15, 0.2) is 0 Å². The summed E-state index contributed by atoms with van der Waals surface area (Å²) in [7, 11) is 0. The van der Waals surface area contributed by atoms with Crippen LogP contribution in [0.5, 0.6) is 0 Å². The molecule has 1 saturated heterocycles. The molecule has 0 aliphatic carbocycles. The Bertz CT molecular complexity index is 940. The van der Waals surface area contributed by atoms with Crippen LogP contribution < -0.4 is 5.43 Å². The van der Waals surface area contributed by atoms with E-state index in [9.17, 15) is 23.9 Å². The predicted molar refractivity (Wildman–Crippen MR) is 90.5 cm³/mol. The number of carbonyl (C=O) groups is 2. The van der Waals surface area contributed by atoms with Gasteiger partial charge >= 0.3 is 5.97 Å². The van der Waals surface area contributed by atoms with Gasteiger partial charge in [-0.1, -0.05) is 11.6 Å². The molecule has 1 aliphatic rings. The number of carboxylic acids is 1. The van der Waals surface area contributed by atoms with E-state index < -0.39 is 29.2 Å². The van der Waals surface area contributed by atoms with Crippen molar-refractivity contribution in [3.05, 3.63) is 45.0 Å². The average Bonchev–Trinajstić information content (AvgIpc) is 3.06. The summed E-state index contributed by atoms with van der Waals surface area (Å²) in [5.74, 6) is -2.49. The van der Waals surface area contributed by atoms with Gasteiger partial charge in [-0.2, -0.15) is 0 Å². The van der Waals surface area contributed by atoms with Crippen LogP contribution in [0.2, 0.25) is 5.02 Å². The zero-order valence-electron chi connectivity index (χ0n) is 13.5. The third-order valence-electron chi connectivity index (χ3n) is 4.49. The van der Waals surface area contributed by atoms with Crippen molar-refractivity contribution >= 4 is 34.4 Å². The summed E-state index contributed by atoms with van der Waals surface area (Å²) in [5.41, 5.74) is -0.368. The van der Waals surface area contributed by atoms with Crippen LogP contribution in [0.3, 0.4) is 0 Å². The van der Waals surface area contributed by atoms with Crippen molar-refractivity contribution in [2.75, 3.05) is 6.54 Å². The van der Waals surface area contributed by atoms with Crippen LogP contribution in [0.4, 0.5) is 4.39 Å². The molecule has 6 nitrogen and oxygen atoms in total. The van der Waals surface area contributed by atoms with E-state index in [4.69, 9.17) is 11.6 Å². The monoisotopic (exact) mass is 366 g/mol. The number of hydrogen-bond acceptors (Lipinski definition) is 3. The maximum atomic E-state index is 13.8. The van der Waals surface area contributed by atoms with Gasteiger partial charge in [0.1, 0.15) is 17.4 Å². The van der Waals surface area contributed by atoms with E-state index >= 15 is 0 Å². The lowest BCUT2D eigenvalue weighted by molar-refractivity contribution is -0.141. The molecule has 25 heavy (non-hydrogen) atoms. The lowest BCUT2D eigenvalue weighted by atomic mass is 10.1. The number of aryl methyl sites for hydroxylation is 1. The van der Waals surface area contributed by atoms with Gasteiger partial charge in [0.2, 0.25) is 5.43 Å². The van der Waals surface area contributed by atoms with Gasteiger partial charge in [0.05, 0.1) is 10.5 Å². The van der Waals surface area contributed by atoms with Crippen LogP contribution in [0, 0.1) is 5.82 Å². The first-order chi connectivity index (χ1) is 11.8. The van der Waals surface area contributed by atoms with Gasteiger partial charge in [-0.05, 0) is 31.9 Å². The second kappa shape index (κ2) is 6.48. The fourth-order valence-electron chi connectivity index (χ4n) is 3.22. The summed E-state index contributed by atoms with van der Waals surface area (Å²) in [6.45, 7) is 2.51. The number of hydrogen-bond donors (Lipinski definition) is 1. The Hall–Kier alpha value is -2.41. The molecule has 0 saturated carbocycles. The minimum Gasteiger partial charge on any atom is -0.480 e. The molecule has 1 fully saturated rings. The molecule has 1 N–H and O–H groups in total. The molecule has 1 atom stereocenters. The van der Waals surface area contributed by atoms with Crippen molar-refractivity contribution in [3.8, 4) is 0 Å². The van der Waals surface area contributed by atoms with Crippen LogP contribution in [0.25, 0.3) is 10.9 Å². The Morgan fingerprint density at radius 2 is 2.12 bits per heavy atom. The molecular formula is C17H16ClFN2O4. The number of pyridine rings is 1. The van der Waals surface area contributed by atoms with Crippen LogP contribution in [-0.2, 0) is 11.3 Å². The van der Waals surface area contributed by atoms with E-state index in [2.05, 4.69) is 0 Å². The number of benzene rings is 1. The van der Waals surface area contributed by atoms with Crippen molar-refractivity contribution in [2.24, 2.45) is 0 Å². The second-order valence-electron chi connectivity index (χ2n) is 5.94. The predicted octanol–water partition coefficient (Wildman–Crippen LogP) is 2.50. The third-order valence-corrected chi connectivity index (χ3v) is 4.78. The minimum absolute atomic E-state index is 0.0423. The molecule has 132 valence electrons. The van der Waals surface area contributed by atoms with Crippen molar-refractivity contribution in [1.82, 2.24) is 9.47 Å². The largest absolute Gasteiger partial charge is 0.480 e. The van der Waals surface area contributed by atoms with Crippen molar-refractivity contribution < 1.29 is 19.1 Å². The fourth-order valence-corrected chi connectivity index (χ4v) is 3.38. The number of rotatable bonds is 3. The second-order valence-corrected chi connectivity index (χ2v) is 6.34. The molecule has 2 aromatic rings. The Labute approximate surface area is 147 Å². The highest BCUT2D eigenvalue weighted by atomic mass is 35.5. The van der Waals surface area contributed by atoms with E-state index in [1.165, 1.54) is 17.2 Å². The number of aliphatic carboxylic acids is 1. The number of halogens is 2. The van der Waals surface area contributed by atoms with Crippen molar-refractivity contribution in [1.29, 1.82) is 0 Å². The number of amides is 1. The summed E-state index contributed by atoms with van der Waals surface area (Å²) >= 11 is 5.80. The summed E-state index contributed by atoms with van der Waals surface area (Å²) in [6.07, 6.45) is 2.29. The molecule has 0 spiro atoms. The van der Waals surface area contributed by atoms with Crippen molar-refractivity contribution in [2.45, 2.75) is 32.4 Å². The Balaban J connectivity index is 2.18. The average molecular weight is 367 g/mol. The lowest BCUT2D eigenvalue weighted by Crippen LogP contribution is -2.42. The SMILES string of the molecule is CCn1cc(C(=O)N2CCC[C@@H]2C(=O)O)c(=O)c2cc(F)c(Cl)cc21. The molecule has 8 heteroatoms. The minimum atomic E-state index is -1.10. The van der Waals surface area contributed by atoms with E-state index in [0.717, 1.165) is 6.07 Å². The molecule has 1 aromatic heterocycles. The van der Waals surface area contributed by atoms with Crippen LogP contribution in [0.1, 0.15) is 30.1 Å². The normalized spacial score (nSPS) is 17.2. The molecule has 1 aromatic carbocycles. The summed E-state index contributed by atoms with van der Waals surface area (Å²) in [6, 6.07) is 1.42. The lowest BCUT2D eigenvalue weighted by Gasteiger charge is -2.22. The standard InChI is InChI=1S/C17H16ClFN2O4/c1-2-20-8-10(16(23)21-5-3-4-13(21)17(24)25)15(22)9-6-12(19)11(18)7-14(9)20/h6-8,13H,2-5H2,1H3,(H,24,25)/t13-/m1/s1. The number of likely N-dealkylation sites (tertiary alicyclic amines) is 1. The maximum absolute atomic E-state index is 13.8. The zero-order chi connectivity index (χ0) is 18.3. The molecule has 3 rings (SSSR count). The number of fused-ring (bicyclic) bond motifs is 1. The first kappa shape index (κ1) is 17.4. The van der Waals surface area contributed by atoms with Crippen LogP contribution >= 0.6 is 11.6 Å². The summed E-state index contributed by atoms with van der Waals surface area (Å²) < 4.78 is 15.4. The van der Waals surface area contributed by atoms with Gasteiger partial charge in [-0.25, -0.2) is 9.18 Å². The van der Waals surface area contributed by atoms with E-state index in [0.29, 0.717) is 24.9 Å². The van der Waals surface area contributed by atoms with Crippen LogP contribution in [0.15, 0.2) is 23.1 Å². The quantitative estimate of drug-likeness (QED) is 0.905. The Kier molecular flexibility index (Phi) is 4.51. The Morgan fingerprint density at radius 3 is 2.76 bits per heavy atom. The van der Waals surface area contributed by atoms with Gasteiger partial charge in [0.25, 0.3) is 5.91 Å². The van der Waals surface area contributed by atoms with E-state index in [-0.39, 0.29) is 22.5 Å². The number of nitrogens with zero attached hydrogens (tertiary/aromatic N) is 2. The van der Waals surface area contributed by atoms with E-state index in [1.807, 2.05) is 6.92 Å². The van der Waals surface area contributed by atoms with Crippen LogP contribution in [-0.4, -0.2) is 39.0 Å². The van der Waals surface area contributed by atoms with Gasteiger partial charge < -0.3 is 14.6 Å². The summed E-state index contributed by atoms with van der Waals surface area (Å²) in [4.78, 5) is 38.0. The first-order valence-electron chi connectivity index (χ1n) is 7.91.